The molecule has 0 amide bonds. The van der Waals surface area contributed by atoms with Gasteiger partial charge in [0, 0.05) is 18.4 Å². The van der Waals surface area contributed by atoms with E-state index in [-0.39, 0.29) is 0 Å². The highest BCUT2D eigenvalue weighted by molar-refractivity contribution is 5.71. The monoisotopic (exact) mass is 299 g/mol. The Morgan fingerprint density at radius 3 is 1.65 bits per heavy atom. The zero-order valence-electron chi connectivity index (χ0n) is 13.6. The molecule has 0 aliphatic carbocycles. The number of nitrogens with zero attached hydrogens (tertiary/aromatic N) is 1. The minimum absolute atomic E-state index is 1.18. The predicted octanol–water partition coefficient (Wildman–Crippen LogP) is 5.93. The van der Waals surface area contributed by atoms with Crippen LogP contribution in [0.3, 0.4) is 0 Å². The summed E-state index contributed by atoms with van der Waals surface area (Å²) in [7, 11) is 2.09. The minimum atomic E-state index is 1.18. The van der Waals surface area contributed by atoms with Crippen LogP contribution in [0.4, 0.5) is 11.4 Å². The number of para-hydroxylation sites is 1. The van der Waals surface area contributed by atoms with Crippen LogP contribution in [0.5, 0.6) is 0 Å². The molecule has 3 aromatic rings. The SMILES string of the molecule is Cc1ccc(C=Cc2ccc(N(C)c3ccccc3)cc2)cc1. The highest BCUT2D eigenvalue weighted by Gasteiger charge is 2.02. The Morgan fingerprint density at radius 1 is 0.609 bits per heavy atom. The maximum atomic E-state index is 2.19. The fourth-order valence-electron chi connectivity index (χ4n) is 2.48. The van der Waals surface area contributed by atoms with E-state index >= 15 is 0 Å². The van der Waals surface area contributed by atoms with Gasteiger partial charge in [0.15, 0.2) is 0 Å². The van der Waals surface area contributed by atoms with Crippen molar-refractivity contribution in [2.45, 2.75) is 6.92 Å². The molecular weight excluding hydrogens is 278 g/mol. The van der Waals surface area contributed by atoms with Gasteiger partial charge in [0.05, 0.1) is 0 Å². The van der Waals surface area contributed by atoms with Crippen LogP contribution in [0.25, 0.3) is 12.2 Å². The molecule has 114 valence electrons. The summed E-state index contributed by atoms with van der Waals surface area (Å²) in [5.74, 6) is 0. The van der Waals surface area contributed by atoms with Crippen molar-refractivity contribution in [2.75, 3.05) is 11.9 Å². The predicted molar refractivity (Wildman–Crippen MR) is 101 cm³/mol. The molecule has 0 atom stereocenters. The first-order chi connectivity index (χ1) is 11.2. The number of benzene rings is 3. The molecule has 0 spiro atoms. The van der Waals surface area contributed by atoms with E-state index in [1.54, 1.807) is 0 Å². The normalized spacial score (nSPS) is 10.9. The summed E-state index contributed by atoms with van der Waals surface area (Å²) in [6.07, 6.45) is 4.30. The summed E-state index contributed by atoms with van der Waals surface area (Å²) < 4.78 is 0. The number of hydrogen-bond acceptors (Lipinski definition) is 1. The summed E-state index contributed by atoms with van der Waals surface area (Å²) in [6.45, 7) is 2.11. The standard InChI is InChI=1S/C22H21N/c1-18-8-10-19(11-9-18)12-13-20-14-16-22(17-15-20)23(2)21-6-4-3-5-7-21/h3-17H,1-2H3. The van der Waals surface area contributed by atoms with Gasteiger partial charge in [-0.3, -0.25) is 0 Å². The Balaban J connectivity index is 1.73. The van der Waals surface area contributed by atoms with E-state index in [0.29, 0.717) is 0 Å². The molecule has 0 heterocycles. The first-order valence-corrected chi connectivity index (χ1v) is 7.86. The molecule has 23 heavy (non-hydrogen) atoms. The van der Waals surface area contributed by atoms with E-state index in [9.17, 15) is 0 Å². The quantitative estimate of drug-likeness (QED) is 0.539. The summed E-state index contributed by atoms with van der Waals surface area (Å²) in [5, 5.41) is 0. The molecule has 0 fully saturated rings. The first kappa shape index (κ1) is 15.1. The van der Waals surface area contributed by atoms with Crippen LogP contribution in [0.1, 0.15) is 16.7 Å². The zero-order valence-corrected chi connectivity index (χ0v) is 13.6. The summed E-state index contributed by atoms with van der Waals surface area (Å²) in [6, 6.07) is 27.6. The molecular formula is C22H21N. The van der Waals surface area contributed by atoms with Gasteiger partial charge in [-0.05, 0) is 42.3 Å². The lowest BCUT2D eigenvalue weighted by atomic mass is 10.1. The van der Waals surface area contributed by atoms with Gasteiger partial charge in [-0.1, -0.05) is 72.3 Å². The van der Waals surface area contributed by atoms with Gasteiger partial charge < -0.3 is 4.90 Å². The summed E-state index contributed by atoms with van der Waals surface area (Å²) in [4.78, 5) is 2.19. The molecule has 3 aromatic carbocycles. The molecule has 0 aliphatic rings. The van der Waals surface area contributed by atoms with Crippen molar-refractivity contribution < 1.29 is 0 Å². The molecule has 1 nitrogen and oxygen atoms in total. The van der Waals surface area contributed by atoms with Gasteiger partial charge in [-0.25, -0.2) is 0 Å². The number of rotatable bonds is 4. The largest absolute Gasteiger partial charge is 0.345 e. The fraction of sp³-hybridized carbons (Fsp3) is 0.0909. The Labute approximate surface area is 138 Å². The van der Waals surface area contributed by atoms with Gasteiger partial charge in [0.25, 0.3) is 0 Å². The van der Waals surface area contributed by atoms with Crippen molar-refractivity contribution in [3.8, 4) is 0 Å². The molecule has 0 N–H and O–H groups in total. The maximum Gasteiger partial charge on any atom is 0.0408 e. The third kappa shape index (κ3) is 3.89. The smallest absolute Gasteiger partial charge is 0.0408 e. The highest BCUT2D eigenvalue weighted by Crippen LogP contribution is 2.23. The van der Waals surface area contributed by atoms with Crippen LogP contribution in [-0.4, -0.2) is 7.05 Å². The molecule has 0 unspecified atom stereocenters. The summed E-state index contributed by atoms with van der Waals surface area (Å²) in [5.41, 5.74) is 6.09. The molecule has 3 rings (SSSR count). The van der Waals surface area contributed by atoms with Crippen LogP contribution >= 0.6 is 0 Å². The molecule has 0 aliphatic heterocycles. The van der Waals surface area contributed by atoms with E-state index in [1.807, 2.05) is 6.07 Å². The topological polar surface area (TPSA) is 3.24 Å². The minimum Gasteiger partial charge on any atom is -0.345 e. The van der Waals surface area contributed by atoms with E-state index < -0.39 is 0 Å². The van der Waals surface area contributed by atoms with Gasteiger partial charge in [0.2, 0.25) is 0 Å². The Hall–Kier alpha value is -2.80. The Bertz CT molecular complexity index is 768. The van der Waals surface area contributed by atoms with Crippen molar-refractivity contribution in [1.82, 2.24) is 0 Å². The molecule has 0 saturated carbocycles. The molecule has 0 radical (unpaired) electrons. The van der Waals surface area contributed by atoms with Crippen LogP contribution in [0.15, 0.2) is 78.9 Å². The number of anilines is 2. The van der Waals surface area contributed by atoms with E-state index in [4.69, 9.17) is 0 Å². The van der Waals surface area contributed by atoms with Crippen LogP contribution in [-0.2, 0) is 0 Å². The average molecular weight is 299 g/mol. The van der Waals surface area contributed by atoms with Crippen molar-refractivity contribution in [2.24, 2.45) is 0 Å². The van der Waals surface area contributed by atoms with Crippen molar-refractivity contribution >= 4 is 23.5 Å². The maximum absolute atomic E-state index is 2.19. The lowest BCUT2D eigenvalue weighted by Crippen LogP contribution is -2.08. The second-order valence-corrected chi connectivity index (χ2v) is 5.73. The molecule has 0 saturated heterocycles. The van der Waals surface area contributed by atoms with Crippen molar-refractivity contribution in [3.63, 3.8) is 0 Å². The average Bonchev–Trinajstić information content (AvgIpc) is 2.62. The fourth-order valence-corrected chi connectivity index (χ4v) is 2.48. The Kier molecular flexibility index (Phi) is 4.58. The zero-order chi connectivity index (χ0) is 16.1. The first-order valence-electron chi connectivity index (χ1n) is 7.86. The molecule has 1 heteroatoms. The van der Waals surface area contributed by atoms with Crippen LogP contribution in [0, 0.1) is 6.92 Å². The second kappa shape index (κ2) is 6.97. The van der Waals surface area contributed by atoms with Gasteiger partial charge in [-0.15, -0.1) is 0 Å². The second-order valence-electron chi connectivity index (χ2n) is 5.73. The third-order valence-corrected chi connectivity index (χ3v) is 3.97. The third-order valence-electron chi connectivity index (χ3n) is 3.97. The van der Waals surface area contributed by atoms with E-state index in [1.165, 1.54) is 28.1 Å². The summed E-state index contributed by atoms with van der Waals surface area (Å²) >= 11 is 0. The Morgan fingerprint density at radius 2 is 1.09 bits per heavy atom. The van der Waals surface area contributed by atoms with Gasteiger partial charge in [-0.2, -0.15) is 0 Å². The van der Waals surface area contributed by atoms with E-state index in [2.05, 4.69) is 104 Å². The highest BCUT2D eigenvalue weighted by atomic mass is 15.1. The van der Waals surface area contributed by atoms with Crippen LogP contribution in [0.2, 0.25) is 0 Å². The molecule has 0 aromatic heterocycles. The molecule has 0 bridgehead atoms. The van der Waals surface area contributed by atoms with Crippen LogP contribution < -0.4 is 4.90 Å². The number of hydrogen-bond donors (Lipinski definition) is 0. The van der Waals surface area contributed by atoms with Crippen molar-refractivity contribution in [1.29, 1.82) is 0 Å². The lowest BCUT2D eigenvalue weighted by molar-refractivity contribution is 1.21. The van der Waals surface area contributed by atoms with Crippen molar-refractivity contribution in [3.05, 3.63) is 95.6 Å². The number of aryl methyl sites for hydroxylation is 1. The van der Waals surface area contributed by atoms with Gasteiger partial charge >= 0.3 is 0 Å². The lowest BCUT2D eigenvalue weighted by Gasteiger charge is -2.19. The van der Waals surface area contributed by atoms with E-state index in [0.717, 1.165) is 0 Å². The van der Waals surface area contributed by atoms with Gasteiger partial charge in [0.1, 0.15) is 0 Å².